The summed E-state index contributed by atoms with van der Waals surface area (Å²) in [6.45, 7) is 4.98. The Bertz CT molecular complexity index is 523. The average Bonchev–Trinajstić information content (AvgIpc) is 2.31. The van der Waals surface area contributed by atoms with E-state index < -0.39 is 0 Å². The highest BCUT2D eigenvalue weighted by atomic mass is 79.9. The van der Waals surface area contributed by atoms with Crippen LogP contribution in [-0.4, -0.2) is 4.98 Å². The fourth-order valence-electron chi connectivity index (χ4n) is 1.59. The van der Waals surface area contributed by atoms with E-state index in [1.807, 2.05) is 18.2 Å². The summed E-state index contributed by atoms with van der Waals surface area (Å²) < 4.78 is 0.872. The van der Waals surface area contributed by atoms with Crippen molar-refractivity contribution in [2.75, 3.05) is 5.32 Å². The Morgan fingerprint density at radius 3 is 2.65 bits per heavy atom. The first kappa shape index (κ1) is 12.1. The molecule has 0 aliphatic rings. The van der Waals surface area contributed by atoms with E-state index in [2.05, 4.69) is 58.3 Å². The summed E-state index contributed by atoms with van der Waals surface area (Å²) in [5.74, 6) is 0. The predicted molar refractivity (Wildman–Crippen MR) is 75.2 cm³/mol. The smallest absolute Gasteiger partial charge is 0.106 e. The molecule has 0 aliphatic carbocycles. The van der Waals surface area contributed by atoms with Crippen LogP contribution in [0, 0.1) is 13.8 Å². The zero-order valence-corrected chi connectivity index (χ0v) is 11.6. The first-order chi connectivity index (χ1) is 8.15. The normalized spacial score (nSPS) is 10.3. The molecule has 17 heavy (non-hydrogen) atoms. The van der Waals surface area contributed by atoms with Crippen LogP contribution in [0.3, 0.4) is 0 Å². The van der Waals surface area contributed by atoms with Crippen LogP contribution in [0.2, 0.25) is 0 Å². The van der Waals surface area contributed by atoms with Gasteiger partial charge in [0.15, 0.2) is 0 Å². The summed E-state index contributed by atoms with van der Waals surface area (Å²) in [7, 11) is 0. The van der Waals surface area contributed by atoms with Crippen molar-refractivity contribution in [3.05, 3.63) is 57.8 Å². The third-order valence-electron chi connectivity index (χ3n) is 2.75. The van der Waals surface area contributed by atoms with E-state index in [1.165, 1.54) is 11.1 Å². The molecule has 0 aliphatic heterocycles. The molecule has 1 aromatic heterocycles. The van der Waals surface area contributed by atoms with Crippen LogP contribution in [0.5, 0.6) is 0 Å². The van der Waals surface area contributed by atoms with E-state index in [4.69, 9.17) is 0 Å². The Kier molecular flexibility index (Phi) is 3.79. The first-order valence-electron chi connectivity index (χ1n) is 5.58. The highest BCUT2D eigenvalue weighted by Crippen LogP contribution is 2.15. The van der Waals surface area contributed by atoms with Crippen LogP contribution < -0.4 is 5.32 Å². The van der Waals surface area contributed by atoms with Gasteiger partial charge in [-0.05, 0) is 65.2 Å². The number of anilines is 1. The van der Waals surface area contributed by atoms with Crippen LogP contribution in [-0.2, 0) is 6.54 Å². The van der Waals surface area contributed by atoms with Crippen LogP contribution in [0.4, 0.5) is 5.69 Å². The van der Waals surface area contributed by atoms with Crippen molar-refractivity contribution in [3.63, 3.8) is 0 Å². The van der Waals surface area contributed by atoms with Crippen molar-refractivity contribution in [3.8, 4) is 0 Å². The minimum Gasteiger partial charge on any atom is -0.379 e. The van der Waals surface area contributed by atoms with Gasteiger partial charge in [0.2, 0.25) is 0 Å². The lowest BCUT2D eigenvalue weighted by atomic mass is 10.1. The third-order valence-corrected chi connectivity index (χ3v) is 3.19. The Hall–Kier alpha value is -1.35. The van der Waals surface area contributed by atoms with Crippen molar-refractivity contribution >= 4 is 21.6 Å². The van der Waals surface area contributed by atoms with E-state index in [1.54, 1.807) is 0 Å². The minimum absolute atomic E-state index is 0.738. The number of aromatic nitrogens is 1. The molecule has 0 saturated carbocycles. The molecule has 0 amide bonds. The highest BCUT2D eigenvalue weighted by Gasteiger charge is 1.98. The molecule has 0 atom stereocenters. The molecule has 0 unspecified atom stereocenters. The average molecular weight is 291 g/mol. The zero-order chi connectivity index (χ0) is 12.3. The number of aryl methyl sites for hydroxylation is 2. The number of hydrogen-bond donors (Lipinski definition) is 1. The second kappa shape index (κ2) is 5.32. The van der Waals surface area contributed by atoms with Gasteiger partial charge in [-0.25, -0.2) is 4.98 Å². The van der Waals surface area contributed by atoms with Gasteiger partial charge in [-0.1, -0.05) is 12.1 Å². The molecule has 88 valence electrons. The molecule has 2 rings (SSSR count). The summed E-state index contributed by atoms with van der Waals surface area (Å²) in [5, 5.41) is 3.37. The first-order valence-corrected chi connectivity index (χ1v) is 6.37. The number of halogens is 1. The number of hydrogen-bond acceptors (Lipinski definition) is 2. The number of rotatable bonds is 3. The maximum Gasteiger partial charge on any atom is 0.106 e. The molecule has 0 saturated heterocycles. The molecule has 2 aromatic rings. The summed E-state index contributed by atoms with van der Waals surface area (Å²) in [4.78, 5) is 4.38. The van der Waals surface area contributed by atoms with Crippen molar-refractivity contribution in [1.82, 2.24) is 4.98 Å². The van der Waals surface area contributed by atoms with E-state index in [9.17, 15) is 0 Å². The van der Waals surface area contributed by atoms with Gasteiger partial charge in [0.05, 0.1) is 12.2 Å². The van der Waals surface area contributed by atoms with Crippen molar-refractivity contribution in [2.45, 2.75) is 20.4 Å². The molecule has 3 heteroatoms. The maximum atomic E-state index is 4.38. The van der Waals surface area contributed by atoms with Crippen molar-refractivity contribution < 1.29 is 0 Å². The van der Waals surface area contributed by atoms with Crippen LogP contribution in [0.1, 0.15) is 16.8 Å². The summed E-state index contributed by atoms with van der Waals surface area (Å²) in [5.41, 5.74) is 4.78. The largest absolute Gasteiger partial charge is 0.379 e. The molecule has 0 fully saturated rings. The Morgan fingerprint density at radius 2 is 1.94 bits per heavy atom. The lowest BCUT2D eigenvalue weighted by Gasteiger charge is -2.08. The second-order valence-corrected chi connectivity index (χ2v) is 4.92. The zero-order valence-electron chi connectivity index (χ0n) is 10.00. The molecule has 2 nitrogen and oxygen atoms in total. The second-order valence-electron chi connectivity index (χ2n) is 4.10. The van der Waals surface area contributed by atoms with Gasteiger partial charge in [0.1, 0.15) is 4.60 Å². The molecular weight excluding hydrogens is 276 g/mol. The fraction of sp³-hybridized carbons (Fsp3) is 0.214. The quantitative estimate of drug-likeness (QED) is 0.862. The number of benzene rings is 1. The van der Waals surface area contributed by atoms with E-state index in [0.29, 0.717) is 0 Å². The van der Waals surface area contributed by atoms with E-state index >= 15 is 0 Å². The van der Waals surface area contributed by atoms with Crippen molar-refractivity contribution in [1.29, 1.82) is 0 Å². The van der Waals surface area contributed by atoms with E-state index in [0.717, 1.165) is 22.5 Å². The molecule has 0 spiro atoms. The summed E-state index contributed by atoms with van der Waals surface area (Å²) >= 11 is 3.37. The number of pyridine rings is 1. The Labute approximate surface area is 110 Å². The van der Waals surface area contributed by atoms with Gasteiger partial charge in [-0.2, -0.15) is 0 Å². The monoisotopic (exact) mass is 290 g/mol. The van der Waals surface area contributed by atoms with Gasteiger partial charge < -0.3 is 5.32 Å². The topological polar surface area (TPSA) is 24.9 Å². The van der Waals surface area contributed by atoms with Gasteiger partial charge >= 0.3 is 0 Å². The molecule has 1 N–H and O–H groups in total. The lowest BCUT2D eigenvalue weighted by Crippen LogP contribution is -2.01. The molecule has 1 heterocycles. The molecule has 1 aromatic carbocycles. The predicted octanol–water partition coefficient (Wildman–Crippen LogP) is 4.07. The van der Waals surface area contributed by atoms with Gasteiger partial charge in [0.25, 0.3) is 0 Å². The molecule has 0 bridgehead atoms. The fourth-order valence-corrected chi connectivity index (χ4v) is 1.97. The van der Waals surface area contributed by atoms with Gasteiger partial charge in [-0.15, -0.1) is 0 Å². The Balaban J connectivity index is 2.05. The number of nitrogens with zero attached hydrogens (tertiary/aromatic N) is 1. The van der Waals surface area contributed by atoms with Gasteiger partial charge in [-0.3, -0.25) is 0 Å². The standard InChI is InChI=1S/C14H15BrN2/c1-10-6-7-12(8-11(10)2)16-9-13-4-3-5-14(15)17-13/h3-8,16H,9H2,1-2H3. The van der Waals surface area contributed by atoms with Crippen LogP contribution in [0.15, 0.2) is 41.0 Å². The summed E-state index contributed by atoms with van der Waals surface area (Å²) in [6.07, 6.45) is 0. The van der Waals surface area contributed by atoms with Crippen LogP contribution in [0.25, 0.3) is 0 Å². The maximum absolute atomic E-state index is 4.38. The summed E-state index contributed by atoms with van der Waals surface area (Å²) in [6, 6.07) is 12.3. The van der Waals surface area contributed by atoms with Crippen molar-refractivity contribution in [2.24, 2.45) is 0 Å². The Morgan fingerprint density at radius 1 is 1.12 bits per heavy atom. The highest BCUT2D eigenvalue weighted by molar-refractivity contribution is 9.10. The molecular formula is C14H15BrN2. The van der Waals surface area contributed by atoms with Gasteiger partial charge in [0, 0.05) is 5.69 Å². The SMILES string of the molecule is Cc1ccc(NCc2cccc(Br)n2)cc1C. The van der Waals surface area contributed by atoms with E-state index in [-0.39, 0.29) is 0 Å². The minimum atomic E-state index is 0.738. The molecule has 0 radical (unpaired) electrons. The number of nitrogens with one attached hydrogen (secondary N) is 1. The lowest BCUT2D eigenvalue weighted by molar-refractivity contribution is 1.03. The third kappa shape index (κ3) is 3.30. The van der Waals surface area contributed by atoms with Crippen LogP contribution >= 0.6 is 15.9 Å².